The molecule has 4 rings (SSSR count). The maximum Gasteiger partial charge on any atom is 0.355 e. The van der Waals surface area contributed by atoms with Gasteiger partial charge in [-0.15, -0.1) is 11.3 Å². The van der Waals surface area contributed by atoms with Gasteiger partial charge in [0.2, 0.25) is 0 Å². The van der Waals surface area contributed by atoms with Gasteiger partial charge in [0.25, 0.3) is 0 Å². The zero-order valence-corrected chi connectivity index (χ0v) is 13.4. The summed E-state index contributed by atoms with van der Waals surface area (Å²) >= 11 is 1.34. The highest BCUT2D eigenvalue weighted by atomic mass is 32.1. The summed E-state index contributed by atoms with van der Waals surface area (Å²) in [5, 5.41) is 11.4. The number of fused-ring (bicyclic) bond motifs is 1. The second-order valence-electron chi connectivity index (χ2n) is 5.36. The molecule has 2 heterocycles. The topological polar surface area (TPSA) is 68.0 Å². The van der Waals surface area contributed by atoms with Crippen LogP contribution < -0.4 is 0 Å². The number of rotatable bonds is 4. The molecule has 118 valence electrons. The second kappa shape index (κ2) is 5.90. The fraction of sp³-hybridized carbons (Fsp3) is 0.0556. The van der Waals surface area contributed by atoms with Crippen LogP contribution in [0, 0.1) is 0 Å². The summed E-state index contributed by atoms with van der Waals surface area (Å²) in [6, 6.07) is 15.9. The lowest BCUT2D eigenvalue weighted by Gasteiger charge is -2.09. The highest BCUT2D eigenvalue weighted by Crippen LogP contribution is 2.28. The predicted molar refractivity (Wildman–Crippen MR) is 93.3 cm³/mol. The number of imidazole rings is 1. The van der Waals surface area contributed by atoms with E-state index >= 15 is 0 Å². The molecular formula is C18H13N3O2S. The summed E-state index contributed by atoms with van der Waals surface area (Å²) in [5.41, 5.74) is 4.13. The zero-order chi connectivity index (χ0) is 16.5. The maximum absolute atomic E-state index is 11.1. The van der Waals surface area contributed by atoms with Gasteiger partial charge in [-0.05, 0) is 17.7 Å². The normalized spacial score (nSPS) is 11.0. The molecule has 0 spiro atoms. The molecule has 2 aromatic heterocycles. The number of aromatic carboxylic acids is 1. The van der Waals surface area contributed by atoms with Crippen LogP contribution in [-0.4, -0.2) is 25.6 Å². The van der Waals surface area contributed by atoms with Crippen molar-refractivity contribution in [2.75, 3.05) is 0 Å². The van der Waals surface area contributed by atoms with Gasteiger partial charge in [0, 0.05) is 17.5 Å². The van der Waals surface area contributed by atoms with E-state index in [1.165, 1.54) is 11.3 Å². The average Bonchev–Trinajstić information content (AvgIpc) is 3.23. The first-order valence-electron chi connectivity index (χ1n) is 7.39. The van der Waals surface area contributed by atoms with Crippen molar-refractivity contribution in [1.29, 1.82) is 0 Å². The van der Waals surface area contributed by atoms with E-state index in [0.717, 1.165) is 22.2 Å². The Labute approximate surface area is 141 Å². The van der Waals surface area contributed by atoms with Crippen LogP contribution in [0.2, 0.25) is 0 Å². The van der Waals surface area contributed by atoms with Crippen LogP contribution in [0.1, 0.15) is 16.1 Å². The number of hydrogen-bond donors (Lipinski definition) is 1. The lowest BCUT2D eigenvalue weighted by Crippen LogP contribution is -2.00. The minimum Gasteiger partial charge on any atom is -0.476 e. The van der Waals surface area contributed by atoms with Crippen molar-refractivity contribution < 1.29 is 9.90 Å². The Hall–Kier alpha value is -2.99. The third-order valence-corrected chi connectivity index (χ3v) is 4.71. The van der Waals surface area contributed by atoms with Crippen LogP contribution in [0.25, 0.3) is 21.6 Å². The number of carboxylic acid groups (broad SMARTS) is 1. The first-order chi connectivity index (χ1) is 11.7. The summed E-state index contributed by atoms with van der Waals surface area (Å²) in [4.78, 5) is 19.7. The molecule has 0 unspecified atom stereocenters. The van der Waals surface area contributed by atoms with E-state index in [1.54, 1.807) is 5.38 Å². The maximum atomic E-state index is 11.1. The van der Waals surface area contributed by atoms with Crippen LogP contribution in [0.5, 0.6) is 0 Å². The molecule has 5 nitrogen and oxygen atoms in total. The number of carboxylic acids is 1. The van der Waals surface area contributed by atoms with E-state index in [2.05, 4.69) is 14.5 Å². The standard InChI is InChI=1S/C18H13N3O2S/c22-18(23)15-10-24-17(20-15)13-6-2-1-5-12(13)9-21-11-19-14-7-3-4-8-16(14)21/h1-8,10-11H,9H2,(H,22,23). The van der Waals surface area contributed by atoms with E-state index in [1.807, 2.05) is 54.9 Å². The lowest BCUT2D eigenvalue weighted by atomic mass is 10.1. The predicted octanol–water partition coefficient (Wildman–Crippen LogP) is 3.91. The van der Waals surface area contributed by atoms with Gasteiger partial charge in [-0.1, -0.05) is 36.4 Å². The van der Waals surface area contributed by atoms with Crippen molar-refractivity contribution in [3.8, 4) is 10.6 Å². The Morgan fingerprint density at radius 3 is 2.75 bits per heavy atom. The van der Waals surface area contributed by atoms with Crippen molar-refractivity contribution >= 4 is 28.3 Å². The molecule has 2 aromatic carbocycles. The van der Waals surface area contributed by atoms with Crippen molar-refractivity contribution in [2.24, 2.45) is 0 Å². The Kier molecular flexibility index (Phi) is 3.59. The van der Waals surface area contributed by atoms with E-state index < -0.39 is 5.97 Å². The SMILES string of the molecule is O=C(O)c1csc(-c2ccccc2Cn2cnc3ccccc32)n1. The van der Waals surface area contributed by atoms with Gasteiger partial charge < -0.3 is 9.67 Å². The summed E-state index contributed by atoms with van der Waals surface area (Å²) in [7, 11) is 0. The highest BCUT2D eigenvalue weighted by molar-refractivity contribution is 7.13. The number of hydrogen-bond acceptors (Lipinski definition) is 4. The number of para-hydroxylation sites is 2. The Balaban J connectivity index is 1.75. The van der Waals surface area contributed by atoms with E-state index in [0.29, 0.717) is 11.6 Å². The van der Waals surface area contributed by atoms with Crippen LogP contribution in [0.3, 0.4) is 0 Å². The first kappa shape index (κ1) is 14.6. The summed E-state index contributed by atoms with van der Waals surface area (Å²) in [6.07, 6.45) is 1.83. The zero-order valence-electron chi connectivity index (χ0n) is 12.6. The van der Waals surface area contributed by atoms with Gasteiger partial charge in [-0.3, -0.25) is 0 Å². The Morgan fingerprint density at radius 2 is 1.92 bits per heavy atom. The smallest absolute Gasteiger partial charge is 0.355 e. The fourth-order valence-electron chi connectivity index (χ4n) is 2.68. The molecule has 0 saturated carbocycles. The minimum atomic E-state index is -1.00. The molecule has 0 amide bonds. The molecule has 0 radical (unpaired) electrons. The second-order valence-corrected chi connectivity index (χ2v) is 6.22. The molecule has 6 heteroatoms. The van der Waals surface area contributed by atoms with Crippen LogP contribution in [-0.2, 0) is 6.54 Å². The highest BCUT2D eigenvalue weighted by Gasteiger charge is 2.13. The average molecular weight is 335 g/mol. The molecule has 0 aliphatic rings. The van der Waals surface area contributed by atoms with Gasteiger partial charge in [-0.2, -0.15) is 0 Å². The molecule has 0 fully saturated rings. The third-order valence-electron chi connectivity index (χ3n) is 3.84. The number of nitrogens with zero attached hydrogens (tertiary/aromatic N) is 3. The Morgan fingerprint density at radius 1 is 1.12 bits per heavy atom. The summed E-state index contributed by atoms with van der Waals surface area (Å²) < 4.78 is 2.08. The molecule has 24 heavy (non-hydrogen) atoms. The van der Waals surface area contributed by atoms with Crippen LogP contribution >= 0.6 is 11.3 Å². The van der Waals surface area contributed by atoms with Gasteiger partial charge >= 0.3 is 5.97 Å². The number of aromatic nitrogens is 3. The fourth-order valence-corrected chi connectivity index (χ4v) is 3.54. The van der Waals surface area contributed by atoms with Gasteiger partial charge in [0.15, 0.2) is 5.69 Å². The minimum absolute atomic E-state index is 0.0814. The third kappa shape index (κ3) is 2.57. The Bertz CT molecular complexity index is 1040. The van der Waals surface area contributed by atoms with Gasteiger partial charge in [0.05, 0.1) is 17.4 Å². The van der Waals surface area contributed by atoms with E-state index in [-0.39, 0.29) is 5.69 Å². The quantitative estimate of drug-likeness (QED) is 0.614. The van der Waals surface area contributed by atoms with Crippen molar-refractivity contribution in [2.45, 2.75) is 6.54 Å². The molecule has 0 aliphatic heterocycles. The number of carbonyl (C=O) groups is 1. The summed E-state index contributed by atoms with van der Waals surface area (Å²) in [5.74, 6) is -1.00. The molecule has 0 atom stereocenters. The van der Waals surface area contributed by atoms with Gasteiger partial charge in [0.1, 0.15) is 5.01 Å². The molecule has 0 aliphatic carbocycles. The van der Waals surface area contributed by atoms with E-state index in [4.69, 9.17) is 5.11 Å². The van der Waals surface area contributed by atoms with Crippen LogP contribution in [0.4, 0.5) is 0 Å². The first-order valence-corrected chi connectivity index (χ1v) is 8.27. The molecule has 0 saturated heterocycles. The molecule has 1 N–H and O–H groups in total. The number of benzene rings is 2. The van der Waals surface area contributed by atoms with Gasteiger partial charge in [-0.25, -0.2) is 14.8 Å². The number of thiazole rings is 1. The van der Waals surface area contributed by atoms with Crippen molar-refractivity contribution in [3.05, 3.63) is 71.5 Å². The molecular weight excluding hydrogens is 322 g/mol. The van der Waals surface area contributed by atoms with Crippen molar-refractivity contribution in [1.82, 2.24) is 14.5 Å². The van der Waals surface area contributed by atoms with Crippen molar-refractivity contribution in [3.63, 3.8) is 0 Å². The van der Waals surface area contributed by atoms with E-state index in [9.17, 15) is 4.79 Å². The monoisotopic (exact) mass is 335 g/mol. The van der Waals surface area contributed by atoms with Crippen LogP contribution in [0.15, 0.2) is 60.2 Å². The summed E-state index contributed by atoms with van der Waals surface area (Å²) in [6.45, 7) is 0.651. The lowest BCUT2D eigenvalue weighted by molar-refractivity contribution is 0.0691. The molecule has 4 aromatic rings. The largest absolute Gasteiger partial charge is 0.476 e. The molecule has 0 bridgehead atoms.